The summed E-state index contributed by atoms with van der Waals surface area (Å²) in [5, 5.41) is 9.31. The van der Waals surface area contributed by atoms with Crippen molar-refractivity contribution in [2.75, 3.05) is 4.90 Å². The molecule has 0 fully saturated rings. The summed E-state index contributed by atoms with van der Waals surface area (Å²) in [6.07, 6.45) is 6.81. The molecule has 0 saturated carbocycles. The second-order valence-electron chi connectivity index (χ2n) is 5.32. The maximum atomic E-state index is 9.31. The van der Waals surface area contributed by atoms with Gasteiger partial charge in [-0.25, -0.2) is 0 Å². The van der Waals surface area contributed by atoms with Crippen LogP contribution in [0.25, 0.3) is 11.1 Å². The lowest BCUT2D eigenvalue weighted by Crippen LogP contribution is -2.33. The fourth-order valence-electron chi connectivity index (χ4n) is 2.88. The first-order valence-electron chi connectivity index (χ1n) is 7.56. The minimum Gasteiger partial charge on any atom is -0.340 e. The Morgan fingerprint density at radius 3 is 2.55 bits per heavy atom. The van der Waals surface area contributed by atoms with Gasteiger partial charge in [0, 0.05) is 11.9 Å². The Bertz CT molecular complexity index is 751. The van der Waals surface area contributed by atoms with E-state index in [1.807, 2.05) is 30.4 Å². The van der Waals surface area contributed by atoms with Crippen molar-refractivity contribution in [3.8, 4) is 17.2 Å². The van der Waals surface area contributed by atoms with Gasteiger partial charge < -0.3 is 4.90 Å². The van der Waals surface area contributed by atoms with Crippen LogP contribution in [-0.4, -0.2) is 6.04 Å². The lowest BCUT2D eigenvalue weighted by Gasteiger charge is -2.32. The highest BCUT2D eigenvalue weighted by molar-refractivity contribution is 5.70. The molecule has 0 radical (unpaired) electrons. The Balaban J connectivity index is 1.98. The minimum atomic E-state index is 0.112. The summed E-state index contributed by atoms with van der Waals surface area (Å²) in [4.78, 5) is 2.19. The summed E-state index contributed by atoms with van der Waals surface area (Å²) in [5.74, 6) is 0. The van der Waals surface area contributed by atoms with Crippen molar-refractivity contribution in [1.29, 1.82) is 5.26 Å². The highest BCUT2D eigenvalue weighted by atomic mass is 15.1. The Labute approximate surface area is 131 Å². The summed E-state index contributed by atoms with van der Waals surface area (Å²) in [6, 6.07) is 21.3. The SMILES string of the molecule is CCC1C(C#N)=CC=CN1c1cccc(-c2ccccc2)c1. The van der Waals surface area contributed by atoms with Crippen LogP contribution in [0.5, 0.6) is 0 Å². The van der Waals surface area contributed by atoms with Gasteiger partial charge >= 0.3 is 0 Å². The van der Waals surface area contributed by atoms with Gasteiger partial charge in [0.2, 0.25) is 0 Å². The van der Waals surface area contributed by atoms with E-state index in [0.717, 1.165) is 17.7 Å². The van der Waals surface area contributed by atoms with Crippen molar-refractivity contribution < 1.29 is 0 Å². The first-order chi connectivity index (χ1) is 10.8. The Kier molecular flexibility index (Phi) is 4.07. The Morgan fingerprint density at radius 1 is 1.05 bits per heavy atom. The van der Waals surface area contributed by atoms with E-state index in [1.54, 1.807) is 0 Å². The molecule has 22 heavy (non-hydrogen) atoms. The van der Waals surface area contributed by atoms with Crippen molar-refractivity contribution in [3.05, 3.63) is 78.5 Å². The molecule has 1 atom stereocenters. The molecular weight excluding hydrogens is 268 g/mol. The number of hydrogen-bond acceptors (Lipinski definition) is 2. The van der Waals surface area contributed by atoms with Gasteiger partial charge in [0.15, 0.2) is 0 Å². The largest absolute Gasteiger partial charge is 0.340 e. The van der Waals surface area contributed by atoms with E-state index in [9.17, 15) is 5.26 Å². The van der Waals surface area contributed by atoms with Crippen LogP contribution in [0.4, 0.5) is 5.69 Å². The van der Waals surface area contributed by atoms with E-state index in [-0.39, 0.29) is 6.04 Å². The van der Waals surface area contributed by atoms with E-state index in [0.29, 0.717) is 0 Å². The van der Waals surface area contributed by atoms with Gasteiger partial charge in [0.25, 0.3) is 0 Å². The van der Waals surface area contributed by atoms with Crippen molar-refractivity contribution in [2.24, 2.45) is 0 Å². The number of anilines is 1. The molecule has 2 aromatic rings. The molecule has 1 heterocycles. The summed E-state index contributed by atoms with van der Waals surface area (Å²) >= 11 is 0. The minimum absolute atomic E-state index is 0.112. The smallest absolute Gasteiger partial charge is 0.0969 e. The molecule has 1 unspecified atom stereocenters. The fraction of sp³-hybridized carbons (Fsp3) is 0.150. The van der Waals surface area contributed by atoms with Gasteiger partial charge in [-0.15, -0.1) is 0 Å². The zero-order valence-electron chi connectivity index (χ0n) is 12.6. The number of rotatable bonds is 3. The lowest BCUT2D eigenvalue weighted by atomic mass is 9.99. The molecule has 0 spiro atoms. The van der Waals surface area contributed by atoms with Crippen LogP contribution in [0.15, 0.2) is 78.5 Å². The molecular formula is C20H18N2. The predicted molar refractivity (Wildman–Crippen MR) is 91.3 cm³/mol. The Morgan fingerprint density at radius 2 is 1.82 bits per heavy atom. The number of benzene rings is 2. The molecule has 0 N–H and O–H groups in total. The monoisotopic (exact) mass is 286 g/mol. The zero-order valence-corrected chi connectivity index (χ0v) is 12.6. The first kappa shape index (κ1) is 14.2. The molecule has 0 aromatic heterocycles. The number of nitrogens with zero attached hydrogens (tertiary/aromatic N) is 2. The molecule has 0 aliphatic carbocycles. The van der Waals surface area contributed by atoms with Gasteiger partial charge in [-0.3, -0.25) is 0 Å². The highest BCUT2D eigenvalue weighted by Gasteiger charge is 2.21. The maximum absolute atomic E-state index is 9.31. The number of hydrogen-bond donors (Lipinski definition) is 0. The van der Waals surface area contributed by atoms with Crippen LogP contribution in [-0.2, 0) is 0 Å². The first-order valence-corrected chi connectivity index (χ1v) is 7.56. The van der Waals surface area contributed by atoms with Gasteiger partial charge in [-0.05, 0) is 41.8 Å². The van der Waals surface area contributed by atoms with Crippen LogP contribution in [0.1, 0.15) is 13.3 Å². The van der Waals surface area contributed by atoms with Crippen molar-refractivity contribution in [1.82, 2.24) is 0 Å². The fourth-order valence-corrected chi connectivity index (χ4v) is 2.88. The average Bonchev–Trinajstić information content (AvgIpc) is 2.61. The molecule has 0 bridgehead atoms. The predicted octanol–water partition coefficient (Wildman–Crippen LogP) is 4.92. The molecule has 0 saturated heterocycles. The third-order valence-electron chi connectivity index (χ3n) is 3.98. The summed E-state index contributed by atoms with van der Waals surface area (Å²) in [6.45, 7) is 2.11. The van der Waals surface area contributed by atoms with E-state index in [1.165, 1.54) is 11.1 Å². The lowest BCUT2D eigenvalue weighted by molar-refractivity contribution is 0.716. The standard InChI is InChI=1S/C20H18N2/c1-2-20-18(15-21)11-7-13-22(20)19-12-6-10-17(14-19)16-8-4-3-5-9-16/h3-14,20H,2H2,1H3. The molecule has 1 aliphatic heterocycles. The molecule has 0 amide bonds. The van der Waals surface area contributed by atoms with E-state index >= 15 is 0 Å². The van der Waals surface area contributed by atoms with Crippen LogP contribution >= 0.6 is 0 Å². The zero-order chi connectivity index (χ0) is 15.4. The molecule has 1 aliphatic rings. The van der Waals surface area contributed by atoms with Crippen LogP contribution in [0.2, 0.25) is 0 Å². The second kappa shape index (κ2) is 6.32. The van der Waals surface area contributed by atoms with Crippen LogP contribution in [0, 0.1) is 11.3 Å². The van der Waals surface area contributed by atoms with Gasteiger partial charge in [0.1, 0.15) is 0 Å². The van der Waals surface area contributed by atoms with Crippen molar-refractivity contribution in [2.45, 2.75) is 19.4 Å². The van der Waals surface area contributed by atoms with E-state index < -0.39 is 0 Å². The van der Waals surface area contributed by atoms with Gasteiger partial charge in [0.05, 0.1) is 17.7 Å². The second-order valence-corrected chi connectivity index (χ2v) is 5.32. The van der Waals surface area contributed by atoms with Crippen LogP contribution < -0.4 is 4.90 Å². The summed E-state index contributed by atoms with van der Waals surface area (Å²) in [5.41, 5.74) is 4.32. The molecule has 2 aromatic carbocycles. The van der Waals surface area contributed by atoms with Crippen LogP contribution in [0.3, 0.4) is 0 Å². The van der Waals surface area contributed by atoms with Crippen molar-refractivity contribution in [3.63, 3.8) is 0 Å². The summed E-state index contributed by atoms with van der Waals surface area (Å²) < 4.78 is 0. The third-order valence-corrected chi connectivity index (χ3v) is 3.98. The Hall–Kier alpha value is -2.79. The highest BCUT2D eigenvalue weighted by Crippen LogP contribution is 2.30. The average molecular weight is 286 g/mol. The van der Waals surface area contributed by atoms with Gasteiger partial charge in [-0.1, -0.05) is 49.4 Å². The quantitative estimate of drug-likeness (QED) is 0.801. The normalized spacial score (nSPS) is 17.0. The molecule has 2 nitrogen and oxygen atoms in total. The topological polar surface area (TPSA) is 27.0 Å². The van der Waals surface area contributed by atoms with E-state index in [4.69, 9.17) is 0 Å². The molecule has 3 rings (SSSR count). The third kappa shape index (κ3) is 2.66. The van der Waals surface area contributed by atoms with Crippen molar-refractivity contribution >= 4 is 5.69 Å². The number of allylic oxidation sites excluding steroid dienone is 2. The van der Waals surface area contributed by atoms with Gasteiger partial charge in [-0.2, -0.15) is 5.26 Å². The molecule has 2 heteroatoms. The van der Waals surface area contributed by atoms with E-state index in [2.05, 4.69) is 60.5 Å². The maximum Gasteiger partial charge on any atom is 0.0969 e. The number of nitriles is 1. The molecule has 108 valence electrons. The summed E-state index contributed by atoms with van der Waals surface area (Å²) in [7, 11) is 0.